The summed E-state index contributed by atoms with van der Waals surface area (Å²) in [6, 6.07) is 0. The van der Waals surface area contributed by atoms with Gasteiger partial charge in [-0.05, 0) is 32.2 Å². The van der Waals surface area contributed by atoms with E-state index in [0.717, 1.165) is 25.9 Å². The lowest BCUT2D eigenvalue weighted by Gasteiger charge is -2.36. The van der Waals surface area contributed by atoms with E-state index in [-0.39, 0.29) is 11.4 Å². The number of rotatable bonds is 9. The van der Waals surface area contributed by atoms with Crippen LogP contribution in [0.1, 0.15) is 58.8 Å². The van der Waals surface area contributed by atoms with Crippen LogP contribution >= 0.6 is 0 Å². The Morgan fingerprint density at radius 3 is 2.50 bits per heavy atom. The van der Waals surface area contributed by atoms with Crippen LogP contribution in [0.3, 0.4) is 0 Å². The highest BCUT2D eigenvalue weighted by Crippen LogP contribution is 2.30. The molecule has 0 saturated heterocycles. The number of carbonyl (C=O) groups is 1. The largest absolute Gasteiger partial charge is 0.380 e. The van der Waals surface area contributed by atoms with E-state index in [2.05, 4.69) is 24.5 Å². The van der Waals surface area contributed by atoms with E-state index >= 15 is 0 Å². The van der Waals surface area contributed by atoms with Gasteiger partial charge in [-0.2, -0.15) is 0 Å². The lowest BCUT2D eigenvalue weighted by Crippen LogP contribution is -2.48. The van der Waals surface area contributed by atoms with Gasteiger partial charge in [0.25, 0.3) is 0 Å². The number of amides is 1. The van der Waals surface area contributed by atoms with Crippen molar-refractivity contribution in [1.29, 1.82) is 0 Å². The molecule has 0 aromatic carbocycles. The average Bonchev–Trinajstić information content (AvgIpc) is 2.43. The number of hydrogen-bond donors (Lipinski definition) is 2. The van der Waals surface area contributed by atoms with Crippen LogP contribution in [-0.2, 0) is 9.53 Å². The van der Waals surface area contributed by atoms with Gasteiger partial charge in [0.1, 0.15) is 0 Å². The molecule has 1 fully saturated rings. The zero-order chi connectivity index (χ0) is 14.8. The highest BCUT2D eigenvalue weighted by atomic mass is 16.5. The summed E-state index contributed by atoms with van der Waals surface area (Å²) in [6.07, 6.45) is 7.66. The summed E-state index contributed by atoms with van der Waals surface area (Å²) in [5.41, 5.74) is 0.0286. The third-order valence-electron chi connectivity index (χ3n) is 4.25. The number of nitrogens with one attached hydrogen (secondary N) is 2. The molecule has 1 aliphatic carbocycles. The minimum absolute atomic E-state index is 0.0286. The molecule has 0 radical (unpaired) electrons. The van der Waals surface area contributed by atoms with Crippen LogP contribution in [0.25, 0.3) is 0 Å². The van der Waals surface area contributed by atoms with Crippen LogP contribution in [0.2, 0.25) is 0 Å². The van der Waals surface area contributed by atoms with E-state index in [0.29, 0.717) is 25.5 Å². The fraction of sp³-hybridized carbons (Fsp3) is 0.938. The minimum Gasteiger partial charge on any atom is -0.380 e. The topological polar surface area (TPSA) is 50.4 Å². The molecule has 1 amide bonds. The SMILES string of the molecule is CNC1(CC(=O)NCCOCCC(C)C)CCCCC1. The standard InChI is InChI=1S/C16H32N2O2/c1-14(2)7-11-20-12-10-18-15(19)13-16(17-3)8-5-4-6-9-16/h14,17H,4-13H2,1-3H3,(H,18,19). The zero-order valence-corrected chi connectivity index (χ0v) is 13.5. The molecule has 0 atom stereocenters. The molecule has 0 aliphatic heterocycles. The Bertz CT molecular complexity index is 274. The molecule has 2 N–H and O–H groups in total. The first-order valence-corrected chi connectivity index (χ1v) is 8.11. The second-order valence-corrected chi connectivity index (χ2v) is 6.41. The van der Waals surface area contributed by atoms with E-state index in [1.165, 1.54) is 19.3 Å². The molecule has 1 saturated carbocycles. The Morgan fingerprint density at radius 1 is 1.20 bits per heavy atom. The molecule has 4 nitrogen and oxygen atoms in total. The molecule has 0 unspecified atom stereocenters. The summed E-state index contributed by atoms with van der Waals surface area (Å²) >= 11 is 0. The molecular weight excluding hydrogens is 252 g/mol. The van der Waals surface area contributed by atoms with E-state index in [1.807, 2.05) is 7.05 Å². The predicted molar refractivity (Wildman–Crippen MR) is 82.8 cm³/mol. The van der Waals surface area contributed by atoms with E-state index in [1.54, 1.807) is 0 Å². The van der Waals surface area contributed by atoms with Gasteiger partial charge in [0, 0.05) is 25.1 Å². The third-order valence-corrected chi connectivity index (χ3v) is 4.25. The van der Waals surface area contributed by atoms with Crippen LogP contribution < -0.4 is 10.6 Å². The third kappa shape index (κ3) is 6.71. The Hall–Kier alpha value is -0.610. The fourth-order valence-electron chi connectivity index (χ4n) is 2.80. The zero-order valence-electron chi connectivity index (χ0n) is 13.5. The van der Waals surface area contributed by atoms with Gasteiger partial charge in [-0.3, -0.25) is 4.79 Å². The van der Waals surface area contributed by atoms with Crippen molar-refractivity contribution in [3.05, 3.63) is 0 Å². The maximum atomic E-state index is 12.0. The first kappa shape index (κ1) is 17.4. The van der Waals surface area contributed by atoms with Crippen LogP contribution in [0, 0.1) is 5.92 Å². The van der Waals surface area contributed by atoms with Crippen molar-refractivity contribution in [3.8, 4) is 0 Å². The summed E-state index contributed by atoms with van der Waals surface area (Å²) in [7, 11) is 1.98. The van der Waals surface area contributed by atoms with Crippen molar-refractivity contribution < 1.29 is 9.53 Å². The van der Waals surface area contributed by atoms with Crippen molar-refractivity contribution in [2.75, 3.05) is 26.8 Å². The molecule has 0 heterocycles. The Morgan fingerprint density at radius 2 is 1.90 bits per heavy atom. The fourth-order valence-corrected chi connectivity index (χ4v) is 2.80. The van der Waals surface area contributed by atoms with Crippen LogP contribution in [-0.4, -0.2) is 38.3 Å². The Balaban J connectivity index is 2.13. The van der Waals surface area contributed by atoms with Gasteiger partial charge < -0.3 is 15.4 Å². The van der Waals surface area contributed by atoms with Gasteiger partial charge in [-0.15, -0.1) is 0 Å². The van der Waals surface area contributed by atoms with Crippen molar-refractivity contribution in [1.82, 2.24) is 10.6 Å². The molecule has 0 aromatic heterocycles. The predicted octanol–water partition coefficient (Wildman–Crippen LogP) is 2.48. The monoisotopic (exact) mass is 284 g/mol. The van der Waals surface area contributed by atoms with Crippen LogP contribution in [0.5, 0.6) is 0 Å². The quantitative estimate of drug-likeness (QED) is 0.640. The molecule has 20 heavy (non-hydrogen) atoms. The molecule has 0 aromatic rings. The highest BCUT2D eigenvalue weighted by Gasteiger charge is 2.32. The van der Waals surface area contributed by atoms with Gasteiger partial charge in [0.15, 0.2) is 0 Å². The maximum Gasteiger partial charge on any atom is 0.221 e. The first-order valence-electron chi connectivity index (χ1n) is 8.11. The summed E-state index contributed by atoms with van der Waals surface area (Å²) in [5.74, 6) is 0.820. The molecule has 1 aliphatic rings. The van der Waals surface area contributed by atoms with Crippen molar-refractivity contribution in [2.45, 2.75) is 64.3 Å². The lowest BCUT2D eigenvalue weighted by atomic mass is 9.79. The number of hydrogen-bond acceptors (Lipinski definition) is 3. The van der Waals surface area contributed by atoms with Crippen molar-refractivity contribution >= 4 is 5.91 Å². The average molecular weight is 284 g/mol. The molecule has 4 heteroatoms. The summed E-state index contributed by atoms with van der Waals surface area (Å²) in [5, 5.41) is 6.35. The lowest BCUT2D eigenvalue weighted by molar-refractivity contribution is -0.123. The second kappa shape index (κ2) is 9.35. The second-order valence-electron chi connectivity index (χ2n) is 6.41. The Kier molecular flexibility index (Phi) is 8.15. The van der Waals surface area contributed by atoms with E-state index < -0.39 is 0 Å². The normalized spacial score (nSPS) is 18.2. The van der Waals surface area contributed by atoms with E-state index in [9.17, 15) is 4.79 Å². The highest BCUT2D eigenvalue weighted by molar-refractivity contribution is 5.77. The van der Waals surface area contributed by atoms with Crippen LogP contribution in [0.15, 0.2) is 0 Å². The van der Waals surface area contributed by atoms with Gasteiger partial charge in [0.2, 0.25) is 5.91 Å². The molecule has 0 bridgehead atoms. The van der Waals surface area contributed by atoms with E-state index in [4.69, 9.17) is 4.74 Å². The Labute approximate surface area is 124 Å². The van der Waals surface area contributed by atoms with Crippen molar-refractivity contribution in [3.63, 3.8) is 0 Å². The summed E-state index contributed by atoms with van der Waals surface area (Å²) in [6.45, 7) is 6.40. The molecular formula is C16H32N2O2. The number of ether oxygens (including phenoxy) is 1. The van der Waals surface area contributed by atoms with Gasteiger partial charge >= 0.3 is 0 Å². The smallest absolute Gasteiger partial charge is 0.221 e. The molecule has 1 rings (SSSR count). The van der Waals surface area contributed by atoms with Crippen molar-refractivity contribution in [2.24, 2.45) is 5.92 Å². The maximum absolute atomic E-state index is 12.0. The van der Waals surface area contributed by atoms with Crippen LogP contribution in [0.4, 0.5) is 0 Å². The minimum atomic E-state index is 0.0286. The summed E-state index contributed by atoms with van der Waals surface area (Å²) < 4.78 is 5.51. The molecule has 0 spiro atoms. The van der Waals surface area contributed by atoms with Gasteiger partial charge in [0.05, 0.1) is 6.61 Å². The van der Waals surface area contributed by atoms with Gasteiger partial charge in [-0.1, -0.05) is 33.1 Å². The number of carbonyl (C=O) groups excluding carboxylic acids is 1. The first-order chi connectivity index (χ1) is 9.58. The summed E-state index contributed by atoms with van der Waals surface area (Å²) in [4.78, 5) is 12.0. The van der Waals surface area contributed by atoms with Gasteiger partial charge in [-0.25, -0.2) is 0 Å². The molecule has 118 valence electrons.